The minimum absolute atomic E-state index is 0.00201. The molecule has 1 fully saturated rings. The van der Waals surface area contributed by atoms with Crippen LogP contribution in [0.4, 0.5) is 10.7 Å². The van der Waals surface area contributed by atoms with Crippen LogP contribution in [0.2, 0.25) is 0 Å². The number of para-hydroxylation sites is 3. The zero-order valence-electron chi connectivity index (χ0n) is 20.6. The lowest BCUT2D eigenvalue weighted by Crippen LogP contribution is -2.56. The molecule has 0 spiro atoms. The molecule has 1 atom stereocenters. The zero-order chi connectivity index (χ0) is 25.0. The number of aromatic nitrogens is 3. The molecule has 6 rings (SSSR count). The first kappa shape index (κ1) is 22.7. The molecule has 0 saturated carbocycles. The minimum Gasteiger partial charge on any atom is -0.358 e. The van der Waals surface area contributed by atoms with Gasteiger partial charge in [0, 0.05) is 31.4 Å². The molecule has 2 aromatic heterocycles. The number of carbonyl (C=O) groups is 2. The maximum Gasteiger partial charge on any atom is 0.243 e. The van der Waals surface area contributed by atoms with Crippen molar-refractivity contribution in [2.45, 2.75) is 32.2 Å². The molecule has 9 heteroatoms. The Morgan fingerprint density at radius 2 is 1.92 bits per heavy atom. The fraction of sp³-hybridized carbons (Fsp3) is 0.333. The van der Waals surface area contributed by atoms with E-state index in [9.17, 15) is 9.59 Å². The van der Waals surface area contributed by atoms with E-state index < -0.39 is 5.41 Å². The molecule has 1 saturated heterocycles. The molecular formula is C27H28N6O2S. The van der Waals surface area contributed by atoms with Crippen molar-refractivity contribution in [3.05, 3.63) is 59.6 Å². The van der Waals surface area contributed by atoms with Crippen LogP contribution < -0.4 is 9.80 Å². The van der Waals surface area contributed by atoms with Crippen LogP contribution in [0.5, 0.6) is 0 Å². The first-order chi connectivity index (χ1) is 17.3. The SMILES string of the molecule is C[C@@H]1CN(c2scnc2-c2nc3ccccc3[nH]2)CCN1C(=O)CN1C(=O)C(C)(C)c2ccccc21. The molecule has 0 unspecified atom stereocenters. The fourth-order valence-corrected chi connectivity index (χ4v) is 6.22. The molecule has 1 N–H and O–H groups in total. The van der Waals surface area contributed by atoms with Gasteiger partial charge in [0.15, 0.2) is 5.82 Å². The van der Waals surface area contributed by atoms with Crippen molar-refractivity contribution in [3.8, 4) is 11.5 Å². The van der Waals surface area contributed by atoms with Crippen LogP contribution in [0.15, 0.2) is 54.0 Å². The van der Waals surface area contributed by atoms with Crippen molar-refractivity contribution in [1.82, 2.24) is 19.9 Å². The molecule has 2 amide bonds. The maximum atomic E-state index is 13.4. The van der Waals surface area contributed by atoms with Crippen LogP contribution in [0, 0.1) is 0 Å². The van der Waals surface area contributed by atoms with Gasteiger partial charge in [-0.05, 0) is 44.5 Å². The van der Waals surface area contributed by atoms with E-state index in [-0.39, 0.29) is 24.4 Å². The molecule has 0 bridgehead atoms. The Bertz CT molecular complexity index is 1440. The van der Waals surface area contributed by atoms with Gasteiger partial charge in [0.05, 0.1) is 22.0 Å². The predicted molar refractivity (Wildman–Crippen MR) is 142 cm³/mol. The number of nitrogens with one attached hydrogen (secondary N) is 1. The van der Waals surface area contributed by atoms with E-state index in [0.717, 1.165) is 38.8 Å². The molecular weight excluding hydrogens is 472 g/mol. The highest BCUT2D eigenvalue weighted by Gasteiger charge is 2.45. The first-order valence-electron chi connectivity index (χ1n) is 12.2. The van der Waals surface area contributed by atoms with Crippen molar-refractivity contribution in [2.75, 3.05) is 36.0 Å². The highest BCUT2D eigenvalue weighted by molar-refractivity contribution is 7.14. The summed E-state index contributed by atoms with van der Waals surface area (Å²) < 4.78 is 0. The van der Waals surface area contributed by atoms with E-state index >= 15 is 0 Å². The molecule has 2 aliphatic heterocycles. The summed E-state index contributed by atoms with van der Waals surface area (Å²) in [5.41, 5.74) is 5.77. The summed E-state index contributed by atoms with van der Waals surface area (Å²) in [6.07, 6.45) is 0. The number of carbonyl (C=O) groups excluding carboxylic acids is 2. The first-order valence-corrected chi connectivity index (χ1v) is 13.1. The summed E-state index contributed by atoms with van der Waals surface area (Å²) in [4.78, 5) is 45.1. The lowest BCUT2D eigenvalue weighted by molar-refractivity contribution is -0.133. The number of thiazole rings is 1. The molecule has 184 valence electrons. The third-order valence-electron chi connectivity index (χ3n) is 7.34. The smallest absolute Gasteiger partial charge is 0.243 e. The Morgan fingerprint density at radius 3 is 2.72 bits per heavy atom. The Labute approximate surface area is 213 Å². The summed E-state index contributed by atoms with van der Waals surface area (Å²) in [7, 11) is 0. The Morgan fingerprint density at radius 1 is 1.14 bits per heavy atom. The van der Waals surface area contributed by atoms with Gasteiger partial charge < -0.3 is 19.7 Å². The van der Waals surface area contributed by atoms with E-state index in [4.69, 9.17) is 4.98 Å². The normalized spacial score (nSPS) is 19.2. The summed E-state index contributed by atoms with van der Waals surface area (Å²) in [6.45, 7) is 7.96. The summed E-state index contributed by atoms with van der Waals surface area (Å²) in [5, 5.41) is 1.05. The van der Waals surface area contributed by atoms with Gasteiger partial charge in [0.1, 0.15) is 17.2 Å². The Kier molecular flexibility index (Phi) is 5.33. The number of hydrogen-bond donors (Lipinski definition) is 1. The number of H-pyrrole nitrogens is 1. The van der Waals surface area contributed by atoms with Gasteiger partial charge in [-0.2, -0.15) is 0 Å². The number of hydrogen-bond acceptors (Lipinski definition) is 6. The van der Waals surface area contributed by atoms with Crippen molar-refractivity contribution in [2.24, 2.45) is 0 Å². The van der Waals surface area contributed by atoms with E-state index in [2.05, 4.69) is 21.8 Å². The third kappa shape index (κ3) is 3.57. The number of aromatic amines is 1. The largest absolute Gasteiger partial charge is 0.358 e. The Hall–Kier alpha value is -3.72. The lowest BCUT2D eigenvalue weighted by Gasteiger charge is -2.41. The second-order valence-electron chi connectivity index (χ2n) is 10.0. The third-order valence-corrected chi connectivity index (χ3v) is 8.22. The van der Waals surface area contributed by atoms with Crippen molar-refractivity contribution >= 4 is 44.9 Å². The molecule has 2 aliphatic rings. The highest BCUT2D eigenvalue weighted by atomic mass is 32.1. The number of benzene rings is 2. The van der Waals surface area contributed by atoms with E-state index in [1.807, 2.05) is 72.8 Å². The molecule has 4 aromatic rings. The van der Waals surface area contributed by atoms with Gasteiger partial charge in [-0.15, -0.1) is 11.3 Å². The summed E-state index contributed by atoms with van der Waals surface area (Å²) in [5.74, 6) is 0.709. The topological polar surface area (TPSA) is 85.4 Å². The number of nitrogens with zero attached hydrogens (tertiary/aromatic N) is 5. The fourth-order valence-electron chi connectivity index (χ4n) is 5.39. The van der Waals surface area contributed by atoms with Crippen LogP contribution in [0.25, 0.3) is 22.6 Å². The van der Waals surface area contributed by atoms with E-state index in [1.165, 1.54) is 0 Å². The molecule has 8 nitrogen and oxygen atoms in total. The second kappa shape index (κ2) is 8.44. The van der Waals surface area contributed by atoms with Gasteiger partial charge in [0.25, 0.3) is 0 Å². The number of rotatable bonds is 4. The van der Waals surface area contributed by atoms with Crippen LogP contribution in [-0.4, -0.2) is 63.9 Å². The van der Waals surface area contributed by atoms with Gasteiger partial charge in [0.2, 0.25) is 11.8 Å². The van der Waals surface area contributed by atoms with Gasteiger partial charge in [-0.3, -0.25) is 9.59 Å². The maximum absolute atomic E-state index is 13.4. The van der Waals surface area contributed by atoms with Crippen LogP contribution in [-0.2, 0) is 15.0 Å². The van der Waals surface area contributed by atoms with Crippen LogP contribution >= 0.6 is 11.3 Å². The number of fused-ring (bicyclic) bond motifs is 2. The number of amides is 2. The lowest BCUT2D eigenvalue weighted by atomic mass is 9.86. The molecule has 0 radical (unpaired) electrons. The van der Waals surface area contributed by atoms with E-state index in [1.54, 1.807) is 16.2 Å². The molecule has 2 aromatic carbocycles. The predicted octanol–water partition coefficient (Wildman–Crippen LogP) is 4.05. The summed E-state index contributed by atoms with van der Waals surface area (Å²) in [6, 6.07) is 15.7. The number of imidazole rings is 1. The average Bonchev–Trinajstić information content (AvgIpc) is 3.57. The van der Waals surface area contributed by atoms with Crippen LogP contribution in [0.3, 0.4) is 0 Å². The van der Waals surface area contributed by atoms with Crippen molar-refractivity contribution in [1.29, 1.82) is 0 Å². The minimum atomic E-state index is -0.625. The molecule has 4 heterocycles. The average molecular weight is 501 g/mol. The van der Waals surface area contributed by atoms with Crippen molar-refractivity contribution in [3.63, 3.8) is 0 Å². The quantitative estimate of drug-likeness (QED) is 0.457. The summed E-state index contributed by atoms with van der Waals surface area (Å²) >= 11 is 1.59. The van der Waals surface area contributed by atoms with Gasteiger partial charge >= 0.3 is 0 Å². The highest BCUT2D eigenvalue weighted by Crippen LogP contribution is 2.41. The van der Waals surface area contributed by atoms with Gasteiger partial charge in [-0.1, -0.05) is 30.3 Å². The monoisotopic (exact) mass is 500 g/mol. The van der Waals surface area contributed by atoms with Crippen molar-refractivity contribution < 1.29 is 9.59 Å². The Balaban J connectivity index is 1.18. The number of piperazine rings is 1. The standard InChI is InChI=1S/C27H28N6O2S/c1-17-14-31(25-23(28-16-36-25)24-29-19-9-5-6-10-20(19)30-24)12-13-32(17)22(34)15-33-21-11-7-4-8-18(21)27(2,3)26(33)35/h4-11,16-17H,12-15H2,1-3H3,(H,29,30)/t17-/m1/s1. The molecule has 0 aliphatic carbocycles. The van der Waals surface area contributed by atoms with Gasteiger partial charge in [-0.25, -0.2) is 9.97 Å². The number of anilines is 2. The van der Waals surface area contributed by atoms with E-state index in [0.29, 0.717) is 19.6 Å². The molecule has 36 heavy (non-hydrogen) atoms. The second-order valence-corrected chi connectivity index (χ2v) is 10.9. The van der Waals surface area contributed by atoms with Crippen LogP contribution in [0.1, 0.15) is 26.3 Å². The zero-order valence-corrected chi connectivity index (χ0v) is 21.4.